The lowest BCUT2D eigenvalue weighted by Crippen LogP contribution is -2.41. The summed E-state index contributed by atoms with van der Waals surface area (Å²) < 4.78 is 5.18. The van der Waals surface area contributed by atoms with Crippen molar-refractivity contribution in [2.24, 2.45) is 5.92 Å². The number of likely N-dealkylation sites (tertiary alicyclic amines) is 1. The summed E-state index contributed by atoms with van der Waals surface area (Å²) in [4.78, 5) is 26.3. The SMILES string of the molecule is CNCCC1CCN(C(=O)CC(NC(C)=O)c2ccc(OC)cc2)CC1.Cl. The minimum atomic E-state index is -0.312. The van der Waals surface area contributed by atoms with Gasteiger partial charge in [-0.05, 0) is 56.5 Å². The van der Waals surface area contributed by atoms with Crippen LogP contribution in [0.5, 0.6) is 5.75 Å². The number of hydrogen-bond donors (Lipinski definition) is 2. The van der Waals surface area contributed by atoms with Crippen molar-refractivity contribution in [1.82, 2.24) is 15.5 Å². The van der Waals surface area contributed by atoms with Crippen molar-refractivity contribution in [2.75, 3.05) is 33.8 Å². The zero-order chi connectivity index (χ0) is 18.9. The van der Waals surface area contributed by atoms with Crippen LogP contribution in [0, 0.1) is 5.92 Å². The fourth-order valence-electron chi connectivity index (χ4n) is 3.46. The molecule has 1 aliphatic heterocycles. The Morgan fingerprint density at radius 1 is 1.22 bits per heavy atom. The third-order valence-electron chi connectivity index (χ3n) is 5.04. The average Bonchev–Trinajstić information content (AvgIpc) is 2.66. The van der Waals surface area contributed by atoms with E-state index in [0.717, 1.165) is 43.8 Å². The molecule has 27 heavy (non-hydrogen) atoms. The quantitative estimate of drug-likeness (QED) is 0.707. The van der Waals surface area contributed by atoms with Crippen LogP contribution in [-0.2, 0) is 9.59 Å². The molecule has 2 rings (SSSR count). The van der Waals surface area contributed by atoms with E-state index in [9.17, 15) is 9.59 Å². The van der Waals surface area contributed by atoms with Crippen LogP contribution < -0.4 is 15.4 Å². The molecule has 1 aromatic rings. The molecular formula is C20H32ClN3O3. The van der Waals surface area contributed by atoms with Crippen molar-refractivity contribution in [3.8, 4) is 5.75 Å². The summed E-state index contributed by atoms with van der Waals surface area (Å²) >= 11 is 0. The number of benzene rings is 1. The van der Waals surface area contributed by atoms with Gasteiger partial charge >= 0.3 is 0 Å². The van der Waals surface area contributed by atoms with Crippen LogP contribution in [-0.4, -0.2) is 50.5 Å². The van der Waals surface area contributed by atoms with Gasteiger partial charge in [0.05, 0.1) is 19.6 Å². The predicted molar refractivity (Wildman–Crippen MR) is 109 cm³/mol. The molecule has 0 aliphatic carbocycles. The molecule has 1 saturated heterocycles. The Kier molecular flexibility index (Phi) is 10.2. The van der Waals surface area contributed by atoms with Crippen LogP contribution in [0.2, 0.25) is 0 Å². The molecule has 0 saturated carbocycles. The minimum absolute atomic E-state index is 0. The molecule has 0 radical (unpaired) electrons. The van der Waals surface area contributed by atoms with Crippen molar-refractivity contribution in [3.63, 3.8) is 0 Å². The summed E-state index contributed by atoms with van der Waals surface area (Å²) in [6.45, 7) is 4.13. The molecule has 0 bridgehead atoms. The predicted octanol–water partition coefficient (Wildman–Crippen LogP) is 2.53. The van der Waals surface area contributed by atoms with Gasteiger partial charge in [0.15, 0.2) is 0 Å². The van der Waals surface area contributed by atoms with Gasteiger partial charge in [0.1, 0.15) is 5.75 Å². The highest BCUT2D eigenvalue weighted by molar-refractivity contribution is 5.85. The maximum Gasteiger partial charge on any atom is 0.224 e. The number of nitrogens with one attached hydrogen (secondary N) is 2. The summed E-state index contributed by atoms with van der Waals surface area (Å²) in [6.07, 6.45) is 3.56. The van der Waals surface area contributed by atoms with Crippen LogP contribution in [0.1, 0.15) is 44.2 Å². The zero-order valence-corrected chi connectivity index (χ0v) is 17.3. The van der Waals surface area contributed by atoms with Crippen molar-refractivity contribution >= 4 is 24.2 Å². The number of rotatable bonds is 8. The molecule has 152 valence electrons. The molecule has 7 heteroatoms. The third-order valence-corrected chi connectivity index (χ3v) is 5.04. The second-order valence-electron chi connectivity index (χ2n) is 6.95. The lowest BCUT2D eigenvalue weighted by Gasteiger charge is -2.33. The molecule has 0 spiro atoms. The van der Waals surface area contributed by atoms with Gasteiger partial charge in [0.2, 0.25) is 11.8 Å². The highest BCUT2D eigenvalue weighted by atomic mass is 35.5. The Balaban J connectivity index is 0.00000364. The van der Waals surface area contributed by atoms with Crippen molar-refractivity contribution in [3.05, 3.63) is 29.8 Å². The normalized spacial score (nSPS) is 15.6. The van der Waals surface area contributed by atoms with Gasteiger partial charge in [-0.25, -0.2) is 0 Å². The fraction of sp³-hybridized carbons (Fsp3) is 0.600. The summed E-state index contributed by atoms with van der Waals surface area (Å²) in [5.74, 6) is 1.42. The molecule has 1 aliphatic rings. The minimum Gasteiger partial charge on any atom is -0.497 e. The van der Waals surface area contributed by atoms with Gasteiger partial charge in [-0.1, -0.05) is 12.1 Å². The summed E-state index contributed by atoms with van der Waals surface area (Å²) in [5, 5.41) is 6.09. The number of ether oxygens (including phenoxy) is 1. The summed E-state index contributed by atoms with van der Waals surface area (Å²) in [5.41, 5.74) is 0.915. The molecule has 1 unspecified atom stereocenters. The lowest BCUT2D eigenvalue weighted by molar-refractivity contribution is -0.133. The average molecular weight is 398 g/mol. The Morgan fingerprint density at radius 2 is 1.85 bits per heavy atom. The number of carbonyl (C=O) groups excluding carboxylic acids is 2. The number of methoxy groups -OCH3 is 1. The largest absolute Gasteiger partial charge is 0.497 e. The van der Waals surface area contributed by atoms with E-state index in [4.69, 9.17) is 4.74 Å². The second kappa shape index (κ2) is 11.8. The van der Waals surface area contributed by atoms with Gasteiger partial charge in [-0.3, -0.25) is 9.59 Å². The Morgan fingerprint density at radius 3 is 2.37 bits per heavy atom. The van der Waals surface area contributed by atoms with Gasteiger partial charge in [-0.15, -0.1) is 12.4 Å². The topological polar surface area (TPSA) is 70.7 Å². The second-order valence-corrected chi connectivity index (χ2v) is 6.95. The maximum atomic E-state index is 12.7. The van der Waals surface area contributed by atoms with Crippen LogP contribution in [0.25, 0.3) is 0 Å². The first-order chi connectivity index (χ1) is 12.5. The zero-order valence-electron chi connectivity index (χ0n) is 16.5. The van der Waals surface area contributed by atoms with E-state index >= 15 is 0 Å². The fourth-order valence-corrected chi connectivity index (χ4v) is 3.46. The first-order valence-electron chi connectivity index (χ1n) is 9.37. The highest BCUT2D eigenvalue weighted by Gasteiger charge is 2.25. The number of carbonyl (C=O) groups is 2. The van der Waals surface area contributed by atoms with E-state index in [2.05, 4.69) is 10.6 Å². The molecule has 1 atom stereocenters. The van der Waals surface area contributed by atoms with Gasteiger partial charge in [-0.2, -0.15) is 0 Å². The number of nitrogens with zero attached hydrogens (tertiary/aromatic N) is 1. The van der Waals surface area contributed by atoms with Gasteiger partial charge in [0.25, 0.3) is 0 Å². The molecule has 2 N–H and O–H groups in total. The van der Waals surface area contributed by atoms with Crippen LogP contribution >= 0.6 is 12.4 Å². The molecule has 6 nitrogen and oxygen atoms in total. The van der Waals surface area contributed by atoms with Gasteiger partial charge in [0, 0.05) is 20.0 Å². The maximum absolute atomic E-state index is 12.7. The molecular weight excluding hydrogens is 366 g/mol. The number of piperidine rings is 1. The van der Waals surface area contributed by atoms with Gasteiger partial charge < -0.3 is 20.3 Å². The Bertz CT molecular complexity index is 587. The molecule has 2 amide bonds. The van der Waals surface area contributed by atoms with Crippen LogP contribution in [0.4, 0.5) is 0 Å². The standard InChI is InChI=1S/C20H31N3O3.ClH/c1-15(24)22-19(17-4-6-18(26-3)7-5-17)14-20(25)23-12-9-16(10-13-23)8-11-21-2;/h4-7,16,19,21H,8-14H2,1-3H3,(H,22,24);1H. The van der Waals surface area contributed by atoms with Crippen molar-refractivity contribution < 1.29 is 14.3 Å². The molecule has 0 aromatic heterocycles. The lowest BCUT2D eigenvalue weighted by atomic mass is 9.93. The first-order valence-corrected chi connectivity index (χ1v) is 9.37. The number of hydrogen-bond acceptors (Lipinski definition) is 4. The first kappa shape index (κ1) is 23.2. The van der Waals surface area contributed by atoms with E-state index in [0.29, 0.717) is 5.92 Å². The smallest absolute Gasteiger partial charge is 0.224 e. The van der Waals surface area contributed by atoms with E-state index < -0.39 is 0 Å². The van der Waals surface area contributed by atoms with Crippen LogP contribution in [0.15, 0.2) is 24.3 Å². The molecule has 1 aromatic carbocycles. The number of amides is 2. The summed E-state index contributed by atoms with van der Waals surface area (Å²) in [6, 6.07) is 7.19. The number of halogens is 1. The van der Waals surface area contributed by atoms with Crippen molar-refractivity contribution in [2.45, 2.75) is 38.6 Å². The van der Waals surface area contributed by atoms with E-state index in [1.807, 2.05) is 36.2 Å². The van der Waals surface area contributed by atoms with Crippen molar-refractivity contribution in [1.29, 1.82) is 0 Å². The molecule has 1 heterocycles. The third kappa shape index (κ3) is 7.39. The van der Waals surface area contributed by atoms with E-state index in [1.165, 1.54) is 13.3 Å². The highest BCUT2D eigenvalue weighted by Crippen LogP contribution is 2.24. The molecule has 1 fully saturated rings. The Labute approximate surface area is 168 Å². The van der Waals surface area contributed by atoms with Crippen LogP contribution in [0.3, 0.4) is 0 Å². The van der Waals surface area contributed by atoms with E-state index in [-0.39, 0.29) is 36.7 Å². The summed E-state index contributed by atoms with van der Waals surface area (Å²) in [7, 11) is 3.59. The Hall–Kier alpha value is -1.79. The monoisotopic (exact) mass is 397 g/mol. The van der Waals surface area contributed by atoms with E-state index in [1.54, 1.807) is 7.11 Å².